The topological polar surface area (TPSA) is 9.23 Å². The minimum absolute atomic E-state index is 0.654. The maximum atomic E-state index is 5.77. The SMILES string of the molecule is CC(C)[N+](C)(C)CCOCC[N+](C)(C)C(C)C. The monoisotopic (exact) mass is 246 g/mol. The summed E-state index contributed by atoms with van der Waals surface area (Å²) in [6, 6.07) is 1.31. The zero-order valence-corrected chi connectivity index (χ0v) is 13.3. The van der Waals surface area contributed by atoms with E-state index in [1.165, 1.54) is 0 Å². The van der Waals surface area contributed by atoms with Gasteiger partial charge in [-0.15, -0.1) is 0 Å². The summed E-state index contributed by atoms with van der Waals surface area (Å²) in [7, 11) is 9.06. The van der Waals surface area contributed by atoms with Gasteiger partial charge in [0, 0.05) is 0 Å². The Morgan fingerprint density at radius 1 is 0.706 bits per heavy atom. The van der Waals surface area contributed by atoms with Crippen LogP contribution >= 0.6 is 0 Å². The third-order valence-electron chi connectivity index (χ3n) is 4.42. The summed E-state index contributed by atoms with van der Waals surface area (Å²) in [5.41, 5.74) is 0. The molecule has 0 saturated carbocycles. The van der Waals surface area contributed by atoms with Gasteiger partial charge in [0.1, 0.15) is 13.1 Å². The molecule has 0 aromatic rings. The molecule has 0 rings (SSSR count). The molecule has 0 radical (unpaired) electrons. The van der Waals surface area contributed by atoms with Crippen LogP contribution in [0.25, 0.3) is 0 Å². The molecule has 3 heteroatoms. The second-order valence-corrected chi connectivity index (χ2v) is 6.80. The molecular weight excluding hydrogens is 212 g/mol. The van der Waals surface area contributed by atoms with E-state index in [1.54, 1.807) is 0 Å². The number of hydrogen-bond acceptors (Lipinski definition) is 1. The number of nitrogens with zero attached hydrogens (tertiary/aromatic N) is 2. The van der Waals surface area contributed by atoms with Crippen molar-refractivity contribution in [3.05, 3.63) is 0 Å². The Morgan fingerprint density at radius 2 is 1.00 bits per heavy atom. The molecule has 0 aliphatic heterocycles. The molecule has 0 bridgehead atoms. The quantitative estimate of drug-likeness (QED) is 0.470. The predicted octanol–water partition coefficient (Wildman–Crippen LogP) is 1.97. The first-order valence-corrected chi connectivity index (χ1v) is 6.82. The van der Waals surface area contributed by atoms with E-state index in [4.69, 9.17) is 4.74 Å². The lowest BCUT2D eigenvalue weighted by molar-refractivity contribution is -0.914. The van der Waals surface area contributed by atoms with Gasteiger partial charge in [0.25, 0.3) is 0 Å². The minimum Gasteiger partial charge on any atom is -0.370 e. The maximum Gasteiger partial charge on any atom is 0.102 e. The number of ether oxygens (including phenoxy) is 1. The number of quaternary nitrogens is 2. The van der Waals surface area contributed by atoms with Gasteiger partial charge < -0.3 is 13.7 Å². The number of likely N-dealkylation sites (N-methyl/N-ethyl adjacent to an activating group) is 2. The van der Waals surface area contributed by atoms with Crippen molar-refractivity contribution in [3.63, 3.8) is 0 Å². The van der Waals surface area contributed by atoms with Gasteiger partial charge in [-0.05, 0) is 27.7 Å². The lowest BCUT2D eigenvalue weighted by atomic mass is 10.3. The molecule has 0 saturated heterocycles. The normalized spacial score (nSPS) is 13.8. The summed E-state index contributed by atoms with van der Waals surface area (Å²) in [6.07, 6.45) is 0. The van der Waals surface area contributed by atoms with Crippen molar-refractivity contribution in [2.24, 2.45) is 0 Å². The molecule has 0 unspecified atom stereocenters. The highest BCUT2D eigenvalue weighted by atomic mass is 16.5. The van der Waals surface area contributed by atoms with Crippen LogP contribution in [0.15, 0.2) is 0 Å². The zero-order valence-electron chi connectivity index (χ0n) is 13.3. The minimum atomic E-state index is 0.654. The van der Waals surface area contributed by atoms with Gasteiger partial charge >= 0.3 is 0 Å². The highest BCUT2D eigenvalue weighted by Crippen LogP contribution is 2.06. The predicted molar refractivity (Wildman–Crippen MR) is 75.0 cm³/mol. The average Bonchev–Trinajstić information content (AvgIpc) is 2.16. The van der Waals surface area contributed by atoms with Crippen LogP contribution in [0.5, 0.6) is 0 Å². The fraction of sp³-hybridized carbons (Fsp3) is 1.00. The summed E-state index contributed by atoms with van der Waals surface area (Å²) in [5, 5.41) is 0. The number of rotatable bonds is 8. The largest absolute Gasteiger partial charge is 0.370 e. The Bertz CT molecular complexity index is 188. The smallest absolute Gasteiger partial charge is 0.102 e. The van der Waals surface area contributed by atoms with E-state index < -0.39 is 0 Å². The molecule has 0 aromatic carbocycles. The first-order chi connectivity index (χ1) is 7.59. The van der Waals surface area contributed by atoms with Gasteiger partial charge in [0.15, 0.2) is 0 Å². The molecular formula is C14H34N2O+2. The van der Waals surface area contributed by atoms with Crippen molar-refractivity contribution >= 4 is 0 Å². The van der Waals surface area contributed by atoms with Crippen molar-refractivity contribution in [1.82, 2.24) is 0 Å². The standard InChI is InChI=1S/C14H34N2O/c1-13(2)15(5,6)9-11-17-12-10-16(7,8)14(3)4/h13-14H,9-12H2,1-8H3/q+2. The fourth-order valence-electron chi connectivity index (χ4n) is 1.22. The second-order valence-electron chi connectivity index (χ2n) is 6.80. The molecule has 0 atom stereocenters. The van der Waals surface area contributed by atoms with Gasteiger partial charge in [0.2, 0.25) is 0 Å². The third-order valence-corrected chi connectivity index (χ3v) is 4.42. The van der Waals surface area contributed by atoms with Crippen molar-refractivity contribution in [2.45, 2.75) is 39.8 Å². The molecule has 0 N–H and O–H groups in total. The van der Waals surface area contributed by atoms with Crippen LogP contribution in [-0.2, 0) is 4.74 Å². The van der Waals surface area contributed by atoms with Gasteiger partial charge in [-0.3, -0.25) is 0 Å². The van der Waals surface area contributed by atoms with Crippen LogP contribution in [0.3, 0.4) is 0 Å². The Balaban J connectivity index is 3.74. The van der Waals surface area contributed by atoms with E-state index in [0.717, 1.165) is 35.3 Å². The lowest BCUT2D eigenvalue weighted by Crippen LogP contribution is -2.49. The van der Waals surface area contributed by atoms with Crippen molar-refractivity contribution in [2.75, 3.05) is 54.5 Å². The molecule has 0 fully saturated rings. The zero-order chi connectivity index (χ0) is 13.7. The maximum absolute atomic E-state index is 5.77. The molecule has 0 aliphatic carbocycles. The first-order valence-electron chi connectivity index (χ1n) is 6.82. The third kappa shape index (κ3) is 6.39. The number of hydrogen-bond donors (Lipinski definition) is 0. The van der Waals surface area contributed by atoms with Gasteiger partial charge in [0.05, 0.1) is 53.5 Å². The van der Waals surface area contributed by atoms with Gasteiger partial charge in [-0.1, -0.05) is 0 Å². The Kier molecular flexibility index (Phi) is 6.67. The summed E-state index contributed by atoms with van der Waals surface area (Å²) >= 11 is 0. The van der Waals surface area contributed by atoms with Crippen LogP contribution in [0.2, 0.25) is 0 Å². The van der Waals surface area contributed by atoms with Crippen molar-refractivity contribution in [3.8, 4) is 0 Å². The van der Waals surface area contributed by atoms with Crippen LogP contribution in [0, 0.1) is 0 Å². The van der Waals surface area contributed by atoms with Crippen LogP contribution < -0.4 is 0 Å². The molecule has 0 aliphatic rings. The Morgan fingerprint density at radius 3 is 1.24 bits per heavy atom. The average molecular weight is 246 g/mol. The van der Waals surface area contributed by atoms with Gasteiger partial charge in [-0.2, -0.15) is 0 Å². The van der Waals surface area contributed by atoms with Gasteiger partial charge in [-0.25, -0.2) is 0 Å². The first kappa shape index (κ1) is 16.9. The van der Waals surface area contributed by atoms with E-state index in [1.807, 2.05) is 0 Å². The molecule has 17 heavy (non-hydrogen) atoms. The second kappa shape index (κ2) is 6.72. The molecule has 3 nitrogen and oxygen atoms in total. The summed E-state index contributed by atoms with van der Waals surface area (Å²) in [5.74, 6) is 0. The highest BCUT2D eigenvalue weighted by Gasteiger charge is 2.21. The van der Waals surface area contributed by atoms with E-state index >= 15 is 0 Å². The van der Waals surface area contributed by atoms with Crippen molar-refractivity contribution < 1.29 is 13.7 Å². The van der Waals surface area contributed by atoms with Crippen molar-refractivity contribution in [1.29, 1.82) is 0 Å². The lowest BCUT2D eigenvalue weighted by Gasteiger charge is -2.35. The van der Waals surface area contributed by atoms with Crippen LogP contribution in [0.4, 0.5) is 0 Å². The molecule has 0 aromatic heterocycles. The molecule has 0 spiro atoms. The van der Waals surface area contributed by atoms with E-state index in [-0.39, 0.29) is 0 Å². The molecule has 0 amide bonds. The van der Waals surface area contributed by atoms with Crippen LogP contribution in [0.1, 0.15) is 27.7 Å². The Labute approximate surface area is 109 Å². The highest BCUT2D eigenvalue weighted by molar-refractivity contribution is 4.43. The molecule has 104 valence electrons. The van der Waals surface area contributed by atoms with E-state index in [0.29, 0.717) is 12.1 Å². The van der Waals surface area contributed by atoms with Crippen LogP contribution in [-0.4, -0.2) is 75.5 Å². The van der Waals surface area contributed by atoms with E-state index in [9.17, 15) is 0 Å². The summed E-state index contributed by atoms with van der Waals surface area (Å²) in [6.45, 7) is 13.0. The Hall–Kier alpha value is -0.120. The van der Waals surface area contributed by atoms with E-state index in [2.05, 4.69) is 55.9 Å². The fourth-order valence-corrected chi connectivity index (χ4v) is 1.22. The molecule has 0 heterocycles. The summed E-state index contributed by atoms with van der Waals surface area (Å²) < 4.78 is 7.83. The summed E-state index contributed by atoms with van der Waals surface area (Å²) in [4.78, 5) is 0.